The van der Waals surface area contributed by atoms with Gasteiger partial charge in [-0.05, 0) is 24.3 Å². The molecule has 3 aromatic rings. The number of rotatable bonds is 4. The minimum absolute atomic E-state index is 0.452. The third-order valence-corrected chi connectivity index (χ3v) is 3.46. The molecule has 0 spiro atoms. The first-order valence-corrected chi connectivity index (χ1v) is 7.42. The lowest BCUT2D eigenvalue weighted by atomic mass is 10.2. The highest BCUT2D eigenvalue weighted by Gasteiger charge is 2.15. The van der Waals surface area contributed by atoms with Gasteiger partial charge in [0.25, 0.3) is 0 Å². The van der Waals surface area contributed by atoms with Crippen LogP contribution in [0.2, 0.25) is 0 Å². The van der Waals surface area contributed by atoms with Crippen LogP contribution in [0.3, 0.4) is 0 Å². The zero-order valence-electron chi connectivity index (χ0n) is 12.9. The van der Waals surface area contributed by atoms with E-state index >= 15 is 0 Å². The van der Waals surface area contributed by atoms with Crippen LogP contribution in [-0.4, -0.2) is 16.8 Å². The topological polar surface area (TPSA) is 71.1 Å². The van der Waals surface area contributed by atoms with Gasteiger partial charge >= 0.3 is 0 Å². The third-order valence-electron chi connectivity index (χ3n) is 3.46. The molecule has 0 aliphatic rings. The predicted octanol–water partition coefficient (Wildman–Crippen LogP) is 3.48. The summed E-state index contributed by atoms with van der Waals surface area (Å²) < 4.78 is 27.0. The van der Waals surface area contributed by atoms with Gasteiger partial charge in [0.15, 0.2) is 0 Å². The molecule has 126 valence electrons. The van der Waals surface area contributed by atoms with Gasteiger partial charge < -0.3 is 10.6 Å². The number of pyridine rings is 1. The van der Waals surface area contributed by atoms with Crippen LogP contribution >= 0.6 is 0 Å². The van der Waals surface area contributed by atoms with Crippen LogP contribution in [-0.2, 0) is 9.59 Å². The average Bonchev–Trinajstić information content (AvgIpc) is 2.58. The van der Waals surface area contributed by atoms with Gasteiger partial charge in [0.05, 0.1) is 11.2 Å². The largest absolute Gasteiger partial charge is 0.324 e. The predicted molar refractivity (Wildman–Crippen MR) is 90.0 cm³/mol. The number of nitrogens with one attached hydrogen (secondary N) is 2. The fourth-order valence-electron chi connectivity index (χ4n) is 2.35. The highest BCUT2D eigenvalue weighted by molar-refractivity contribution is 6.10. The van der Waals surface area contributed by atoms with E-state index in [4.69, 9.17) is 0 Å². The summed E-state index contributed by atoms with van der Waals surface area (Å²) in [6, 6.07) is 12.1. The van der Waals surface area contributed by atoms with Crippen molar-refractivity contribution in [3.05, 3.63) is 66.4 Å². The van der Waals surface area contributed by atoms with E-state index in [-0.39, 0.29) is 0 Å². The normalized spacial score (nSPS) is 10.5. The maximum absolute atomic E-state index is 13.5. The van der Waals surface area contributed by atoms with Gasteiger partial charge in [-0.15, -0.1) is 0 Å². The van der Waals surface area contributed by atoms with E-state index < -0.39 is 35.6 Å². The minimum atomic E-state index is -0.910. The van der Waals surface area contributed by atoms with Crippen LogP contribution in [0.1, 0.15) is 6.42 Å². The Morgan fingerprint density at radius 1 is 0.880 bits per heavy atom. The fraction of sp³-hybridized carbons (Fsp3) is 0.0556. The number of carbonyl (C=O) groups is 2. The molecule has 0 radical (unpaired) electrons. The third kappa shape index (κ3) is 3.77. The van der Waals surface area contributed by atoms with Crippen molar-refractivity contribution < 1.29 is 18.4 Å². The van der Waals surface area contributed by atoms with Gasteiger partial charge in [-0.3, -0.25) is 14.6 Å². The SMILES string of the molecule is O=C(CC(=O)Nc1cccc2cccnc12)Nc1c(F)cccc1F. The van der Waals surface area contributed by atoms with Crippen molar-refractivity contribution in [1.82, 2.24) is 4.98 Å². The summed E-state index contributed by atoms with van der Waals surface area (Å²) >= 11 is 0. The zero-order chi connectivity index (χ0) is 17.8. The lowest BCUT2D eigenvalue weighted by Gasteiger charge is -2.09. The highest BCUT2D eigenvalue weighted by Crippen LogP contribution is 2.21. The Hall–Kier alpha value is -3.35. The molecule has 3 rings (SSSR count). The van der Waals surface area contributed by atoms with Crippen molar-refractivity contribution in [3.63, 3.8) is 0 Å². The molecule has 0 aliphatic carbocycles. The van der Waals surface area contributed by atoms with Crippen LogP contribution in [0.5, 0.6) is 0 Å². The second-order valence-corrected chi connectivity index (χ2v) is 5.25. The summed E-state index contributed by atoms with van der Waals surface area (Å²) in [5.74, 6) is -3.26. The van der Waals surface area contributed by atoms with Gasteiger partial charge in [-0.25, -0.2) is 8.78 Å². The second kappa shape index (κ2) is 7.04. The zero-order valence-corrected chi connectivity index (χ0v) is 12.9. The summed E-state index contributed by atoms with van der Waals surface area (Å²) in [7, 11) is 0. The number of hydrogen-bond donors (Lipinski definition) is 2. The Labute approximate surface area is 141 Å². The van der Waals surface area contributed by atoms with Crippen LogP contribution in [0.15, 0.2) is 54.7 Å². The standard InChI is InChI=1S/C18H13F2N3O2/c19-12-6-2-7-13(20)18(12)23-16(25)10-15(24)22-14-8-1-4-11-5-3-9-21-17(11)14/h1-9H,10H2,(H,22,24)(H,23,25). The molecule has 0 saturated heterocycles. The molecule has 2 aromatic carbocycles. The molecule has 2 N–H and O–H groups in total. The molecule has 0 unspecified atom stereocenters. The summed E-state index contributed by atoms with van der Waals surface area (Å²) in [4.78, 5) is 28.1. The summed E-state index contributed by atoms with van der Waals surface area (Å²) in [6.45, 7) is 0. The number of amides is 2. The van der Waals surface area contributed by atoms with Crippen molar-refractivity contribution in [2.24, 2.45) is 0 Å². The highest BCUT2D eigenvalue weighted by atomic mass is 19.1. The Morgan fingerprint density at radius 3 is 2.28 bits per heavy atom. The van der Waals surface area contributed by atoms with E-state index in [9.17, 15) is 18.4 Å². The van der Waals surface area contributed by atoms with Crippen molar-refractivity contribution in [1.29, 1.82) is 0 Å². The number of halogens is 2. The molecule has 0 aliphatic heterocycles. The van der Waals surface area contributed by atoms with Crippen molar-refractivity contribution in [2.75, 3.05) is 10.6 Å². The van der Waals surface area contributed by atoms with Crippen LogP contribution in [0.4, 0.5) is 20.2 Å². The van der Waals surface area contributed by atoms with Gasteiger partial charge in [0.2, 0.25) is 11.8 Å². The summed E-state index contributed by atoms with van der Waals surface area (Å²) in [5.41, 5.74) is 0.457. The Kier molecular flexibility index (Phi) is 4.65. The number of anilines is 2. The quantitative estimate of drug-likeness (QED) is 0.714. The van der Waals surface area contributed by atoms with Crippen molar-refractivity contribution in [3.8, 4) is 0 Å². The Balaban J connectivity index is 1.69. The lowest BCUT2D eigenvalue weighted by molar-refractivity contribution is -0.123. The van der Waals surface area contributed by atoms with E-state index in [1.807, 2.05) is 12.1 Å². The molecule has 25 heavy (non-hydrogen) atoms. The lowest BCUT2D eigenvalue weighted by Crippen LogP contribution is -2.22. The molecule has 5 nitrogen and oxygen atoms in total. The molecule has 2 amide bonds. The van der Waals surface area contributed by atoms with Crippen molar-refractivity contribution >= 4 is 34.1 Å². The monoisotopic (exact) mass is 341 g/mol. The maximum atomic E-state index is 13.5. The number of fused-ring (bicyclic) bond motifs is 1. The smallest absolute Gasteiger partial charge is 0.233 e. The number of benzene rings is 2. The van der Waals surface area contributed by atoms with Gasteiger partial charge in [-0.2, -0.15) is 0 Å². The Morgan fingerprint density at radius 2 is 1.52 bits per heavy atom. The van der Waals surface area contributed by atoms with E-state index in [0.29, 0.717) is 11.2 Å². The number of hydrogen-bond acceptors (Lipinski definition) is 3. The molecular weight excluding hydrogens is 328 g/mol. The molecule has 1 aromatic heterocycles. The first kappa shape index (κ1) is 16.5. The second-order valence-electron chi connectivity index (χ2n) is 5.25. The molecule has 0 atom stereocenters. The van der Waals surface area contributed by atoms with Crippen LogP contribution < -0.4 is 10.6 Å². The first-order chi connectivity index (χ1) is 12.0. The van der Waals surface area contributed by atoms with Crippen LogP contribution in [0, 0.1) is 11.6 Å². The van der Waals surface area contributed by atoms with E-state index in [2.05, 4.69) is 15.6 Å². The number of nitrogens with zero attached hydrogens (tertiary/aromatic N) is 1. The molecule has 1 heterocycles. The molecule has 0 bridgehead atoms. The number of carbonyl (C=O) groups excluding carboxylic acids is 2. The van der Waals surface area contributed by atoms with Gasteiger partial charge in [0.1, 0.15) is 23.7 Å². The number of aromatic nitrogens is 1. The Bertz CT molecular complexity index is 934. The van der Waals surface area contributed by atoms with Crippen LogP contribution in [0.25, 0.3) is 10.9 Å². The maximum Gasteiger partial charge on any atom is 0.233 e. The van der Waals surface area contributed by atoms with E-state index in [1.165, 1.54) is 6.07 Å². The van der Waals surface area contributed by atoms with Gasteiger partial charge in [-0.1, -0.05) is 24.3 Å². The molecule has 7 heteroatoms. The summed E-state index contributed by atoms with van der Waals surface area (Å²) in [6.07, 6.45) is 1.00. The number of para-hydroxylation sites is 2. The minimum Gasteiger partial charge on any atom is -0.324 e. The van der Waals surface area contributed by atoms with E-state index in [1.54, 1.807) is 24.4 Å². The summed E-state index contributed by atoms with van der Waals surface area (Å²) in [5, 5.41) is 5.48. The van der Waals surface area contributed by atoms with E-state index in [0.717, 1.165) is 17.5 Å². The first-order valence-electron chi connectivity index (χ1n) is 7.42. The average molecular weight is 341 g/mol. The molecule has 0 saturated carbocycles. The fourth-order valence-corrected chi connectivity index (χ4v) is 2.35. The molecular formula is C18H13F2N3O2. The molecule has 0 fully saturated rings. The van der Waals surface area contributed by atoms with Crippen molar-refractivity contribution in [2.45, 2.75) is 6.42 Å². The van der Waals surface area contributed by atoms with Gasteiger partial charge in [0, 0.05) is 11.6 Å².